The molecule has 0 saturated carbocycles. The molecule has 2 aromatic carbocycles. The van der Waals surface area contributed by atoms with Crippen LogP contribution in [0.1, 0.15) is 11.1 Å². The maximum Gasteiger partial charge on any atom is 0.343 e. The summed E-state index contributed by atoms with van der Waals surface area (Å²) in [6.45, 7) is 1.64. The van der Waals surface area contributed by atoms with E-state index >= 15 is 0 Å². The largest absolute Gasteiger partial charge is 0.493 e. The monoisotopic (exact) mass is 446 g/mol. The molecule has 1 aliphatic rings. The summed E-state index contributed by atoms with van der Waals surface area (Å²) < 4.78 is 15.3. The molecule has 1 N–H and O–H groups in total. The highest BCUT2D eigenvalue weighted by Crippen LogP contribution is 2.33. The summed E-state index contributed by atoms with van der Waals surface area (Å²) in [5, 5.41) is 3.84. The fraction of sp³-hybridized carbons (Fsp3) is 0.190. The molecule has 0 radical (unpaired) electrons. The van der Waals surface area contributed by atoms with E-state index in [2.05, 4.69) is 15.0 Å². The van der Waals surface area contributed by atoms with Gasteiger partial charge in [-0.15, -0.1) is 0 Å². The molecule has 0 aromatic heterocycles. The highest BCUT2D eigenvalue weighted by Gasteiger charge is 2.24. The van der Waals surface area contributed by atoms with Crippen molar-refractivity contribution >= 4 is 52.2 Å². The number of benzene rings is 2. The van der Waals surface area contributed by atoms with Gasteiger partial charge in [-0.05, 0) is 60.2 Å². The van der Waals surface area contributed by atoms with Crippen LogP contribution in [0.4, 0.5) is 5.69 Å². The van der Waals surface area contributed by atoms with E-state index in [0.717, 1.165) is 11.1 Å². The van der Waals surface area contributed by atoms with Gasteiger partial charge in [0, 0.05) is 5.02 Å². The van der Waals surface area contributed by atoms with Crippen molar-refractivity contribution in [2.75, 3.05) is 20.8 Å². The van der Waals surface area contributed by atoms with E-state index in [1.54, 1.807) is 30.3 Å². The maximum atomic E-state index is 12.3. The number of ether oxygens (including phenoxy) is 3. The van der Waals surface area contributed by atoms with Crippen molar-refractivity contribution in [1.29, 1.82) is 0 Å². The number of amidine groups is 1. The lowest BCUT2D eigenvalue weighted by atomic mass is 10.2. The molecular formula is C21H19ClN2O5S. The summed E-state index contributed by atoms with van der Waals surface area (Å²) >= 11 is 7.36. The van der Waals surface area contributed by atoms with Crippen LogP contribution in [0.5, 0.6) is 11.5 Å². The molecule has 0 spiro atoms. The van der Waals surface area contributed by atoms with E-state index < -0.39 is 5.97 Å². The molecule has 1 aliphatic heterocycles. The number of carbonyl (C=O) groups is 2. The highest BCUT2D eigenvalue weighted by molar-refractivity contribution is 8.18. The van der Waals surface area contributed by atoms with Crippen LogP contribution in [0.15, 0.2) is 46.3 Å². The molecule has 7 nitrogen and oxygen atoms in total. The summed E-state index contributed by atoms with van der Waals surface area (Å²) in [6, 6.07) is 10.6. The topological polar surface area (TPSA) is 86.2 Å². The summed E-state index contributed by atoms with van der Waals surface area (Å²) in [5.74, 6) is 0.0832. The van der Waals surface area contributed by atoms with Crippen LogP contribution in [0.25, 0.3) is 6.08 Å². The van der Waals surface area contributed by atoms with Crippen molar-refractivity contribution in [2.24, 2.45) is 4.99 Å². The van der Waals surface area contributed by atoms with Crippen molar-refractivity contribution in [3.63, 3.8) is 0 Å². The van der Waals surface area contributed by atoms with Gasteiger partial charge in [-0.1, -0.05) is 23.7 Å². The first-order valence-electron chi connectivity index (χ1n) is 8.83. The van der Waals surface area contributed by atoms with Crippen LogP contribution in [-0.2, 0) is 14.3 Å². The van der Waals surface area contributed by atoms with Gasteiger partial charge in [-0.25, -0.2) is 9.79 Å². The number of hydrogen-bond donors (Lipinski definition) is 1. The number of methoxy groups -OCH3 is 2. The number of aliphatic imine (C=N–C) groups is 1. The van der Waals surface area contributed by atoms with Gasteiger partial charge >= 0.3 is 5.97 Å². The summed E-state index contributed by atoms with van der Waals surface area (Å²) in [5.41, 5.74) is 2.27. The number of amides is 1. The first-order chi connectivity index (χ1) is 14.4. The number of thioether (sulfide) groups is 1. The molecule has 3 rings (SSSR count). The minimum absolute atomic E-state index is 0.228. The van der Waals surface area contributed by atoms with Gasteiger partial charge in [0.15, 0.2) is 23.3 Å². The zero-order valence-electron chi connectivity index (χ0n) is 16.5. The second-order valence-electron chi connectivity index (χ2n) is 6.14. The molecule has 0 aliphatic carbocycles. The molecule has 1 saturated heterocycles. The van der Waals surface area contributed by atoms with Gasteiger partial charge < -0.3 is 19.5 Å². The van der Waals surface area contributed by atoms with Crippen molar-refractivity contribution in [2.45, 2.75) is 6.92 Å². The van der Waals surface area contributed by atoms with Gasteiger partial charge in [0.1, 0.15) is 0 Å². The van der Waals surface area contributed by atoms with E-state index in [-0.39, 0.29) is 12.5 Å². The number of halogens is 1. The lowest BCUT2D eigenvalue weighted by Gasteiger charge is -2.10. The second-order valence-corrected chi connectivity index (χ2v) is 7.58. The van der Waals surface area contributed by atoms with E-state index in [0.29, 0.717) is 32.3 Å². The molecule has 0 bridgehead atoms. The minimum atomic E-state index is -0.496. The van der Waals surface area contributed by atoms with Crippen molar-refractivity contribution in [3.8, 4) is 11.5 Å². The fourth-order valence-electron chi connectivity index (χ4n) is 2.55. The van der Waals surface area contributed by atoms with Crippen LogP contribution in [0.3, 0.4) is 0 Å². The SMILES string of the molecule is COC(=O)COc1ccc(/C=C2/SC(=Nc3cccc(Cl)c3C)NC2=O)cc1OC. The zero-order chi connectivity index (χ0) is 21.7. The van der Waals surface area contributed by atoms with Gasteiger partial charge in [-0.3, -0.25) is 4.79 Å². The molecule has 1 amide bonds. The number of nitrogens with one attached hydrogen (secondary N) is 1. The molecule has 2 aromatic rings. The summed E-state index contributed by atoms with van der Waals surface area (Å²) in [6.07, 6.45) is 1.72. The number of hydrogen-bond acceptors (Lipinski definition) is 7. The first-order valence-corrected chi connectivity index (χ1v) is 10.0. The fourth-order valence-corrected chi connectivity index (χ4v) is 3.55. The Bertz CT molecular complexity index is 1050. The lowest BCUT2D eigenvalue weighted by molar-refractivity contribution is -0.142. The van der Waals surface area contributed by atoms with E-state index in [4.69, 9.17) is 21.1 Å². The van der Waals surface area contributed by atoms with E-state index in [9.17, 15) is 9.59 Å². The Kier molecular flexibility index (Phi) is 7.02. The van der Waals surface area contributed by atoms with Crippen LogP contribution in [-0.4, -0.2) is 37.9 Å². The average molecular weight is 447 g/mol. The molecule has 0 atom stereocenters. The summed E-state index contributed by atoms with van der Waals surface area (Å²) in [7, 11) is 2.78. The standard InChI is InChI=1S/C21H19ClN2O5S/c1-12-14(22)5-4-6-15(12)23-21-24-20(26)18(30-21)10-13-7-8-16(17(9-13)27-2)29-11-19(25)28-3/h4-10H,11H2,1-3H3,(H,23,24,26)/b18-10+. The third-order valence-corrected chi connectivity index (χ3v) is 5.49. The molecule has 156 valence electrons. The predicted octanol–water partition coefficient (Wildman–Crippen LogP) is 4.10. The molecule has 9 heteroatoms. The number of rotatable bonds is 6. The Labute approximate surface area is 183 Å². The normalized spacial score (nSPS) is 15.9. The van der Waals surface area contributed by atoms with Crippen molar-refractivity contribution < 1.29 is 23.8 Å². The zero-order valence-corrected chi connectivity index (χ0v) is 18.1. The Morgan fingerprint density at radius 2 is 2.03 bits per heavy atom. The van der Waals surface area contributed by atoms with Crippen LogP contribution < -0.4 is 14.8 Å². The molecule has 1 heterocycles. The maximum absolute atomic E-state index is 12.3. The molecule has 30 heavy (non-hydrogen) atoms. The number of esters is 1. The predicted molar refractivity (Wildman–Crippen MR) is 117 cm³/mol. The first kappa shape index (κ1) is 21.7. The quantitative estimate of drug-likeness (QED) is 0.531. The van der Waals surface area contributed by atoms with Crippen molar-refractivity contribution in [3.05, 3.63) is 57.5 Å². The smallest absolute Gasteiger partial charge is 0.343 e. The van der Waals surface area contributed by atoms with Gasteiger partial charge in [0.05, 0.1) is 24.8 Å². The van der Waals surface area contributed by atoms with Crippen LogP contribution >= 0.6 is 23.4 Å². The van der Waals surface area contributed by atoms with Gasteiger partial charge in [0.2, 0.25) is 0 Å². The minimum Gasteiger partial charge on any atom is -0.493 e. The number of nitrogens with zero attached hydrogens (tertiary/aromatic N) is 1. The Morgan fingerprint density at radius 3 is 2.77 bits per heavy atom. The van der Waals surface area contributed by atoms with E-state index in [1.165, 1.54) is 26.0 Å². The Morgan fingerprint density at radius 1 is 1.23 bits per heavy atom. The van der Waals surface area contributed by atoms with Crippen LogP contribution in [0, 0.1) is 6.92 Å². The number of carbonyl (C=O) groups excluding carboxylic acids is 2. The van der Waals surface area contributed by atoms with Gasteiger partial charge in [0.25, 0.3) is 5.91 Å². The van der Waals surface area contributed by atoms with Gasteiger partial charge in [-0.2, -0.15) is 0 Å². The van der Waals surface area contributed by atoms with Crippen molar-refractivity contribution in [1.82, 2.24) is 5.32 Å². The summed E-state index contributed by atoms with van der Waals surface area (Å²) in [4.78, 5) is 28.6. The lowest BCUT2D eigenvalue weighted by Crippen LogP contribution is -2.19. The third-order valence-electron chi connectivity index (χ3n) is 4.17. The average Bonchev–Trinajstić information content (AvgIpc) is 3.08. The Hall–Kier alpha value is -2.97. The highest BCUT2D eigenvalue weighted by atomic mass is 35.5. The van der Waals surface area contributed by atoms with E-state index in [1.807, 2.05) is 19.1 Å². The molecule has 0 unspecified atom stereocenters. The Balaban J connectivity index is 1.79. The molecular weight excluding hydrogens is 428 g/mol. The third kappa shape index (κ3) is 5.14. The molecule has 1 fully saturated rings. The van der Waals surface area contributed by atoms with Crippen LogP contribution in [0.2, 0.25) is 5.02 Å². The second kappa shape index (κ2) is 9.69.